The van der Waals surface area contributed by atoms with Crippen LogP contribution < -0.4 is 0 Å². The fraction of sp³-hybridized carbons (Fsp3) is 0.636. The zero-order chi connectivity index (χ0) is 17.7. The summed E-state index contributed by atoms with van der Waals surface area (Å²) in [7, 11) is 0. The second-order valence-electron chi connectivity index (χ2n) is 8.86. The molecule has 1 saturated heterocycles. The molecule has 4 rings (SSSR count). The van der Waals surface area contributed by atoms with Crippen molar-refractivity contribution in [2.24, 2.45) is 22.7 Å². The van der Waals surface area contributed by atoms with E-state index < -0.39 is 0 Å². The summed E-state index contributed by atoms with van der Waals surface area (Å²) in [4.78, 5) is 0. The molecule has 3 fully saturated rings. The largest absolute Gasteiger partial charge is 0.392 e. The molecule has 0 amide bonds. The van der Waals surface area contributed by atoms with Gasteiger partial charge in [-0.1, -0.05) is 56.3 Å². The van der Waals surface area contributed by atoms with Crippen molar-refractivity contribution in [3.8, 4) is 0 Å². The number of aliphatic hydroxyl groups excluding tert-OH is 1. The third-order valence-corrected chi connectivity index (χ3v) is 7.07. The molecule has 1 spiro atoms. The summed E-state index contributed by atoms with van der Waals surface area (Å²) < 4.78 is 12.4. The molecule has 1 heterocycles. The van der Waals surface area contributed by atoms with Gasteiger partial charge in [0, 0.05) is 11.3 Å². The first-order valence-corrected chi connectivity index (χ1v) is 9.58. The highest BCUT2D eigenvalue weighted by Gasteiger charge is 2.65. The van der Waals surface area contributed by atoms with E-state index in [-0.39, 0.29) is 29.1 Å². The topological polar surface area (TPSA) is 38.7 Å². The van der Waals surface area contributed by atoms with Crippen molar-refractivity contribution in [2.45, 2.75) is 58.5 Å². The Hall–Kier alpha value is -1.16. The molecule has 1 N–H and O–H groups in total. The average molecular weight is 342 g/mol. The molecule has 1 aliphatic heterocycles. The first-order chi connectivity index (χ1) is 11.9. The first-order valence-electron chi connectivity index (χ1n) is 9.58. The molecule has 3 nitrogen and oxygen atoms in total. The lowest BCUT2D eigenvalue weighted by molar-refractivity contribution is -0.149. The van der Waals surface area contributed by atoms with Crippen LogP contribution in [0.2, 0.25) is 0 Å². The molecule has 1 aromatic carbocycles. The Morgan fingerprint density at radius 2 is 2.00 bits per heavy atom. The van der Waals surface area contributed by atoms with Crippen molar-refractivity contribution in [2.75, 3.05) is 6.61 Å². The van der Waals surface area contributed by atoms with Crippen LogP contribution in [-0.2, 0) is 16.1 Å². The van der Waals surface area contributed by atoms with E-state index in [0.717, 1.165) is 31.2 Å². The molecule has 2 saturated carbocycles. The fourth-order valence-electron chi connectivity index (χ4n) is 5.81. The van der Waals surface area contributed by atoms with Crippen LogP contribution in [0.3, 0.4) is 0 Å². The Morgan fingerprint density at radius 1 is 1.24 bits per heavy atom. The van der Waals surface area contributed by atoms with Gasteiger partial charge in [0.25, 0.3) is 0 Å². The van der Waals surface area contributed by atoms with Crippen molar-refractivity contribution >= 4 is 0 Å². The molecule has 0 radical (unpaired) electrons. The van der Waals surface area contributed by atoms with E-state index in [1.165, 1.54) is 5.57 Å². The highest BCUT2D eigenvalue weighted by atomic mass is 16.7. The zero-order valence-corrected chi connectivity index (χ0v) is 15.4. The van der Waals surface area contributed by atoms with Crippen molar-refractivity contribution < 1.29 is 14.6 Å². The molecule has 0 bridgehead atoms. The maximum Gasteiger partial charge on any atom is 0.165 e. The molecule has 3 aliphatic rings. The minimum absolute atomic E-state index is 0.101. The van der Waals surface area contributed by atoms with Crippen molar-refractivity contribution in [1.29, 1.82) is 0 Å². The van der Waals surface area contributed by atoms with Crippen molar-refractivity contribution in [3.05, 3.63) is 48.0 Å². The lowest BCUT2D eigenvalue weighted by Gasteiger charge is -2.58. The number of hydrogen-bond acceptors (Lipinski definition) is 3. The third kappa shape index (κ3) is 2.68. The third-order valence-electron chi connectivity index (χ3n) is 7.07. The second-order valence-corrected chi connectivity index (χ2v) is 8.86. The first kappa shape index (κ1) is 17.3. The van der Waals surface area contributed by atoms with Crippen LogP contribution in [0, 0.1) is 22.7 Å². The summed E-state index contributed by atoms with van der Waals surface area (Å²) >= 11 is 0. The lowest BCUT2D eigenvalue weighted by Crippen LogP contribution is -2.58. The highest BCUT2D eigenvalue weighted by molar-refractivity contribution is 5.22. The Balaban J connectivity index is 1.60. The van der Waals surface area contributed by atoms with Crippen LogP contribution in [0.4, 0.5) is 0 Å². The standard InChI is InChI=1S/C22H30O3/c1-15-9-10-17-21(2,3)12-11-18(23)22(17)14-25-20(19(15)22)24-13-16-7-5-4-6-8-16/h4-8,17-20,23H,1,9-14H2,2-3H3/t17-,18+,19+,20-,22+/m0/s1. The van der Waals surface area contributed by atoms with Crippen LogP contribution in [0.1, 0.15) is 45.1 Å². The summed E-state index contributed by atoms with van der Waals surface area (Å²) in [6.45, 7) is 10.2. The molecular weight excluding hydrogens is 312 g/mol. The van der Waals surface area contributed by atoms with E-state index in [1.54, 1.807) is 0 Å². The van der Waals surface area contributed by atoms with E-state index in [9.17, 15) is 5.11 Å². The van der Waals surface area contributed by atoms with E-state index in [0.29, 0.717) is 19.1 Å². The minimum atomic E-state index is -0.321. The number of rotatable bonds is 3. The lowest BCUT2D eigenvalue weighted by atomic mass is 9.46. The predicted molar refractivity (Wildman–Crippen MR) is 97.8 cm³/mol. The van der Waals surface area contributed by atoms with Gasteiger partial charge >= 0.3 is 0 Å². The average Bonchev–Trinajstić information content (AvgIpc) is 2.99. The highest BCUT2D eigenvalue weighted by Crippen LogP contribution is 2.64. The van der Waals surface area contributed by atoms with Gasteiger partial charge in [-0.2, -0.15) is 0 Å². The van der Waals surface area contributed by atoms with Crippen LogP contribution in [0.15, 0.2) is 42.5 Å². The van der Waals surface area contributed by atoms with Gasteiger partial charge in [0.2, 0.25) is 0 Å². The summed E-state index contributed by atoms with van der Waals surface area (Å²) in [6.07, 6.45) is 3.43. The van der Waals surface area contributed by atoms with Gasteiger partial charge in [-0.3, -0.25) is 0 Å². The van der Waals surface area contributed by atoms with E-state index >= 15 is 0 Å². The van der Waals surface area contributed by atoms with Crippen LogP contribution in [0.5, 0.6) is 0 Å². The summed E-state index contributed by atoms with van der Waals surface area (Å²) in [5, 5.41) is 11.0. The van der Waals surface area contributed by atoms with Gasteiger partial charge in [0.1, 0.15) is 0 Å². The van der Waals surface area contributed by atoms with E-state index in [4.69, 9.17) is 9.47 Å². The van der Waals surface area contributed by atoms with Gasteiger partial charge in [0.05, 0.1) is 19.3 Å². The molecule has 1 aromatic rings. The van der Waals surface area contributed by atoms with Crippen LogP contribution >= 0.6 is 0 Å². The zero-order valence-electron chi connectivity index (χ0n) is 15.4. The van der Waals surface area contributed by atoms with Gasteiger partial charge in [-0.15, -0.1) is 0 Å². The quantitative estimate of drug-likeness (QED) is 0.832. The van der Waals surface area contributed by atoms with Gasteiger partial charge < -0.3 is 14.6 Å². The monoisotopic (exact) mass is 342 g/mol. The van der Waals surface area contributed by atoms with Crippen molar-refractivity contribution in [1.82, 2.24) is 0 Å². The molecule has 136 valence electrons. The van der Waals surface area contributed by atoms with Crippen LogP contribution in [0.25, 0.3) is 0 Å². The number of benzene rings is 1. The second kappa shape index (κ2) is 6.22. The summed E-state index contributed by atoms with van der Waals surface area (Å²) in [6, 6.07) is 10.2. The smallest absolute Gasteiger partial charge is 0.165 e. The number of ether oxygens (including phenoxy) is 2. The predicted octanol–water partition coefficient (Wildman–Crippen LogP) is 4.31. The minimum Gasteiger partial charge on any atom is -0.392 e. The number of aliphatic hydroxyl groups is 1. The Kier molecular flexibility index (Phi) is 4.30. The molecule has 25 heavy (non-hydrogen) atoms. The molecular formula is C22H30O3. The fourth-order valence-corrected chi connectivity index (χ4v) is 5.81. The Morgan fingerprint density at radius 3 is 2.76 bits per heavy atom. The summed E-state index contributed by atoms with van der Waals surface area (Å²) in [5.74, 6) is 0.564. The molecule has 5 atom stereocenters. The number of hydrogen-bond donors (Lipinski definition) is 1. The Labute approximate surface area is 151 Å². The molecule has 2 aliphatic carbocycles. The van der Waals surface area contributed by atoms with Gasteiger partial charge in [-0.05, 0) is 42.6 Å². The van der Waals surface area contributed by atoms with Crippen molar-refractivity contribution in [3.63, 3.8) is 0 Å². The molecule has 3 heteroatoms. The maximum atomic E-state index is 11.0. The van der Waals surface area contributed by atoms with Crippen LogP contribution in [-0.4, -0.2) is 24.1 Å². The van der Waals surface area contributed by atoms with Gasteiger partial charge in [-0.25, -0.2) is 0 Å². The van der Waals surface area contributed by atoms with E-state index in [2.05, 4.69) is 32.6 Å². The molecule has 0 unspecified atom stereocenters. The molecule has 0 aromatic heterocycles. The Bertz CT molecular complexity index is 638. The normalized spacial score (nSPS) is 39.7. The van der Waals surface area contributed by atoms with Gasteiger partial charge in [0.15, 0.2) is 6.29 Å². The SMILES string of the molecule is C=C1CC[C@H]2C(C)(C)CC[C@@H](O)[C@@]23CO[C@H](OCc2ccccc2)[C@@H]13. The van der Waals surface area contributed by atoms with E-state index in [1.807, 2.05) is 18.2 Å². The maximum absolute atomic E-state index is 11.0. The summed E-state index contributed by atoms with van der Waals surface area (Å²) in [5.41, 5.74) is 2.35.